The van der Waals surface area contributed by atoms with Crippen LogP contribution in [0.3, 0.4) is 0 Å². The second kappa shape index (κ2) is 6.19. The fourth-order valence-electron chi connectivity index (χ4n) is 1.68. The lowest BCUT2D eigenvalue weighted by Gasteiger charge is -2.21. The predicted molar refractivity (Wildman–Crippen MR) is 73.0 cm³/mol. The van der Waals surface area contributed by atoms with Gasteiger partial charge in [-0.25, -0.2) is 0 Å². The molecular weight excluding hydrogens is 258 g/mol. The number of nitrogens with zero attached hydrogens (tertiary/aromatic N) is 2. The van der Waals surface area contributed by atoms with Crippen molar-refractivity contribution >= 4 is 0 Å². The molecule has 2 heterocycles. The summed E-state index contributed by atoms with van der Waals surface area (Å²) in [4.78, 5) is 4.33. The first kappa shape index (κ1) is 14.7. The van der Waals surface area contributed by atoms with E-state index >= 15 is 0 Å². The van der Waals surface area contributed by atoms with Crippen molar-refractivity contribution in [3.05, 3.63) is 35.9 Å². The van der Waals surface area contributed by atoms with Gasteiger partial charge in [0.05, 0.1) is 19.0 Å². The molecule has 1 atom stereocenters. The van der Waals surface area contributed by atoms with E-state index in [1.807, 2.05) is 32.9 Å². The average Bonchev–Trinajstić information content (AvgIpc) is 3.05. The Labute approximate surface area is 118 Å². The van der Waals surface area contributed by atoms with Gasteiger partial charge in [-0.1, -0.05) is 5.16 Å². The minimum Gasteiger partial charge on any atom is -0.469 e. The lowest BCUT2D eigenvalue weighted by atomic mass is 10.1. The van der Waals surface area contributed by atoms with Gasteiger partial charge in [0.1, 0.15) is 11.3 Å². The summed E-state index contributed by atoms with van der Waals surface area (Å²) >= 11 is 0. The fourth-order valence-corrected chi connectivity index (χ4v) is 1.68. The normalized spacial score (nSPS) is 14.7. The molecule has 1 unspecified atom stereocenters. The van der Waals surface area contributed by atoms with Gasteiger partial charge in [-0.15, -0.1) is 0 Å². The second-order valence-electron chi connectivity index (χ2n) is 5.37. The molecule has 2 aromatic rings. The number of aromatic nitrogens is 2. The van der Waals surface area contributed by atoms with Gasteiger partial charge in [-0.3, -0.25) is 0 Å². The zero-order valence-electron chi connectivity index (χ0n) is 12.1. The van der Waals surface area contributed by atoms with Gasteiger partial charge < -0.3 is 19.4 Å². The molecule has 0 fully saturated rings. The summed E-state index contributed by atoms with van der Waals surface area (Å²) < 4.78 is 16.0. The maximum atomic E-state index is 6.16. The van der Waals surface area contributed by atoms with Crippen molar-refractivity contribution in [2.75, 3.05) is 6.61 Å². The van der Waals surface area contributed by atoms with Gasteiger partial charge >= 0.3 is 0 Å². The minimum absolute atomic E-state index is 0.114. The monoisotopic (exact) mass is 279 g/mol. The van der Waals surface area contributed by atoms with Crippen LogP contribution in [-0.4, -0.2) is 22.9 Å². The van der Waals surface area contributed by atoms with Crippen molar-refractivity contribution in [1.82, 2.24) is 10.1 Å². The molecule has 0 aliphatic heterocycles. The molecular formula is C14H21N3O3. The SMILES string of the molecule is CC(C)OCC(C)(N)c1noc(CCc2ccco2)n1. The van der Waals surface area contributed by atoms with Crippen molar-refractivity contribution in [1.29, 1.82) is 0 Å². The highest BCUT2D eigenvalue weighted by molar-refractivity contribution is 5.04. The van der Waals surface area contributed by atoms with Gasteiger partial charge in [0.15, 0.2) is 5.82 Å². The largest absolute Gasteiger partial charge is 0.469 e. The Kier molecular flexibility index (Phi) is 4.57. The second-order valence-corrected chi connectivity index (χ2v) is 5.37. The van der Waals surface area contributed by atoms with Crippen LogP contribution in [0.25, 0.3) is 0 Å². The Morgan fingerprint density at radius 1 is 1.40 bits per heavy atom. The highest BCUT2D eigenvalue weighted by Gasteiger charge is 2.28. The Morgan fingerprint density at radius 2 is 2.20 bits per heavy atom. The molecule has 0 aromatic carbocycles. The lowest BCUT2D eigenvalue weighted by Crippen LogP contribution is -2.40. The van der Waals surface area contributed by atoms with E-state index in [-0.39, 0.29) is 6.10 Å². The zero-order valence-corrected chi connectivity index (χ0v) is 12.1. The molecule has 2 aromatic heterocycles. The summed E-state index contributed by atoms with van der Waals surface area (Å²) in [5.74, 6) is 1.91. The van der Waals surface area contributed by atoms with Gasteiger partial charge in [0.2, 0.25) is 5.89 Å². The molecule has 0 radical (unpaired) electrons. The first-order valence-corrected chi connectivity index (χ1v) is 6.73. The third-order valence-corrected chi connectivity index (χ3v) is 2.86. The van der Waals surface area contributed by atoms with Crippen LogP contribution in [0, 0.1) is 0 Å². The van der Waals surface area contributed by atoms with Crippen molar-refractivity contribution < 1.29 is 13.7 Å². The number of nitrogens with two attached hydrogens (primary N) is 1. The highest BCUT2D eigenvalue weighted by Crippen LogP contribution is 2.16. The molecule has 2 rings (SSSR count). The number of hydrogen-bond donors (Lipinski definition) is 1. The van der Waals surface area contributed by atoms with E-state index in [0.29, 0.717) is 24.7 Å². The molecule has 2 N–H and O–H groups in total. The summed E-state index contributed by atoms with van der Waals surface area (Å²) in [5, 5.41) is 3.94. The van der Waals surface area contributed by atoms with Gasteiger partial charge in [-0.05, 0) is 32.9 Å². The molecule has 110 valence electrons. The smallest absolute Gasteiger partial charge is 0.227 e. The fraction of sp³-hybridized carbons (Fsp3) is 0.571. The molecule has 0 aliphatic carbocycles. The maximum absolute atomic E-state index is 6.16. The predicted octanol–water partition coefficient (Wildman–Crippen LogP) is 2.05. The van der Waals surface area contributed by atoms with Crippen molar-refractivity contribution in [3.63, 3.8) is 0 Å². The summed E-state index contributed by atoms with van der Waals surface area (Å²) in [6, 6.07) is 3.77. The van der Waals surface area contributed by atoms with Gasteiger partial charge in [0, 0.05) is 12.8 Å². The van der Waals surface area contributed by atoms with Crippen LogP contribution in [0.15, 0.2) is 27.3 Å². The number of furan rings is 1. The van der Waals surface area contributed by atoms with Crippen LogP contribution in [0.4, 0.5) is 0 Å². The first-order valence-electron chi connectivity index (χ1n) is 6.73. The van der Waals surface area contributed by atoms with E-state index in [1.54, 1.807) is 6.26 Å². The molecule has 6 nitrogen and oxygen atoms in total. The molecule has 0 amide bonds. The zero-order chi connectivity index (χ0) is 14.6. The van der Waals surface area contributed by atoms with Crippen molar-refractivity contribution in [3.8, 4) is 0 Å². The van der Waals surface area contributed by atoms with Crippen LogP contribution in [-0.2, 0) is 23.1 Å². The van der Waals surface area contributed by atoms with E-state index < -0.39 is 5.54 Å². The molecule has 0 aliphatic rings. The van der Waals surface area contributed by atoms with E-state index in [1.165, 1.54) is 0 Å². The van der Waals surface area contributed by atoms with E-state index in [0.717, 1.165) is 12.2 Å². The van der Waals surface area contributed by atoms with Crippen LogP contribution in [0.1, 0.15) is 38.2 Å². The first-order chi connectivity index (χ1) is 9.47. The van der Waals surface area contributed by atoms with Crippen LogP contribution in [0.2, 0.25) is 0 Å². The molecule has 20 heavy (non-hydrogen) atoms. The van der Waals surface area contributed by atoms with E-state index in [2.05, 4.69) is 10.1 Å². The molecule has 0 bridgehead atoms. The van der Waals surface area contributed by atoms with Crippen molar-refractivity contribution in [2.24, 2.45) is 5.73 Å². The van der Waals surface area contributed by atoms with Gasteiger partial charge in [0.25, 0.3) is 0 Å². The van der Waals surface area contributed by atoms with E-state index in [9.17, 15) is 0 Å². The molecule has 0 saturated carbocycles. The van der Waals surface area contributed by atoms with Crippen LogP contribution < -0.4 is 5.73 Å². The Bertz CT molecular complexity index is 518. The summed E-state index contributed by atoms with van der Waals surface area (Å²) in [6.07, 6.45) is 3.11. The Balaban J connectivity index is 1.93. The molecule has 0 spiro atoms. The number of rotatable bonds is 7. The quantitative estimate of drug-likeness (QED) is 0.834. The Hall–Kier alpha value is -1.66. The highest BCUT2D eigenvalue weighted by atomic mass is 16.5. The Morgan fingerprint density at radius 3 is 2.85 bits per heavy atom. The standard InChI is InChI=1S/C14H21N3O3/c1-10(2)19-9-14(3,15)13-16-12(20-17-13)7-6-11-5-4-8-18-11/h4-5,8,10H,6-7,9,15H2,1-3H3. The van der Waals surface area contributed by atoms with Gasteiger partial charge in [-0.2, -0.15) is 4.98 Å². The summed E-state index contributed by atoms with van der Waals surface area (Å²) in [6.45, 7) is 6.10. The summed E-state index contributed by atoms with van der Waals surface area (Å²) in [5.41, 5.74) is 5.41. The van der Waals surface area contributed by atoms with Crippen LogP contribution in [0.5, 0.6) is 0 Å². The lowest BCUT2D eigenvalue weighted by molar-refractivity contribution is 0.0410. The molecule has 6 heteroatoms. The number of ether oxygens (including phenoxy) is 1. The average molecular weight is 279 g/mol. The van der Waals surface area contributed by atoms with Crippen LogP contribution >= 0.6 is 0 Å². The molecule has 0 saturated heterocycles. The van der Waals surface area contributed by atoms with E-state index in [4.69, 9.17) is 19.4 Å². The maximum Gasteiger partial charge on any atom is 0.227 e. The number of hydrogen-bond acceptors (Lipinski definition) is 6. The van der Waals surface area contributed by atoms with Crippen molar-refractivity contribution in [2.45, 2.75) is 45.3 Å². The summed E-state index contributed by atoms with van der Waals surface area (Å²) in [7, 11) is 0. The number of aryl methyl sites for hydroxylation is 2. The third kappa shape index (κ3) is 3.91. The minimum atomic E-state index is -0.753. The topological polar surface area (TPSA) is 87.3 Å². The third-order valence-electron chi connectivity index (χ3n) is 2.86.